The number of rotatable bonds is 6. The molecule has 1 aliphatic rings. The first kappa shape index (κ1) is 23.2. The second kappa shape index (κ2) is 9.87. The van der Waals surface area contributed by atoms with Crippen molar-refractivity contribution in [3.05, 3.63) is 48.0 Å². The van der Waals surface area contributed by atoms with E-state index >= 15 is 0 Å². The minimum atomic E-state index is -0.115. The number of carbonyl (C=O) groups excluding carboxylic acids is 1. The number of benzene rings is 2. The normalized spacial score (nSPS) is 13.5. The molecule has 0 atom stereocenters. The van der Waals surface area contributed by atoms with Crippen molar-refractivity contribution in [2.75, 3.05) is 24.3 Å². The third-order valence-corrected chi connectivity index (χ3v) is 6.37. The number of fused-ring (bicyclic) bond motifs is 1. The molecule has 0 spiro atoms. The molecule has 7 nitrogen and oxygen atoms in total. The molecule has 0 unspecified atom stereocenters. The van der Waals surface area contributed by atoms with Gasteiger partial charge in [-0.05, 0) is 30.0 Å². The Morgan fingerprint density at radius 3 is 2.48 bits per heavy atom. The summed E-state index contributed by atoms with van der Waals surface area (Å²) >= 11 is 1.38. The van der Waals surface area contributed by atoms with E-state index in [2.05, 4.69) is 67.5 Å². The van der Waals surface area contributed by atoms with Crippen LogP contribution in [0.3, 0.4) is 0 Å². The molecular formula is C25H30N4O3S. The maximum Gasteiger partial charge on any atom is 0.234 e. The molecule has 33 heavy (non-hydrogen) atoms. The van der Waals surface area contributed by atoms with Gasteiger partial charge in [0.05, 0.1) is 19.0 Å². The van der Waals surface area contributed by atoms with Gasteiger partial charge >= 0.3 is 0 Å². The van der Waals surface area contributed by atoms with Crippen LogP contribution >= 0.6 is 11.8 Å². The number of nitrogens with zero attached hydrogens (tertiary/aromatic N) is 3. The third-order valence-electron chi connectivity index (χ3n) is 5.41. The number of aromatic nitrogens is 3. The van der Waals surface area contributed by atoms with Crippen molar-refractivity contribution < 1.29 is 14.3 Å². The minimum absolute atomic E-state index is 0.0990. The lowest BCUT2D eigenvalue weighted by Crippen LogP contribution is -2.14. The molecule has 0 bridgehead atoms. The standard InChI is InChI=1S/C25H30N4O3S/c1-5-29-23(17-7-9-18(10-8-17)25(2,3)4)27-28-24(29)33-16-22(30)26-19-11-12-20-21(15-19)32-14-6-13-31-20/h7-12,15H,5-6,13-14,16H2,1-4H3,(H,26,30). The van der Waals surface area contributed by atoms with E-state index in [0.29, 0.717) is 30.4 Å². The molecule has 0 aliphatic carbocycles. The van der Waals surface area contributed by atoms with Crippen molar-refractivity contribution >= 4 is 23.4 Å². The molecule has 2 aromatic carbocycles. The molecule has 0 fully saturated rings. The van der Waals surface area contributed by atoms with E-state index in [-0.39, 0.29) is 17.1 Å². The summed E-state index contributed by atoms with van der Waals surface area (Å²) in [6.45, 7) is 10.6. The maximum atomic E-state index is 12.6. The third kappa shape index (κ3) is 5.50. The van der Waals surface area contributed by atoms with Crippen molar-refractivity contribution in [2.45, 2.75) is 51.2 Å². The Morgan fingerprint density at radius 1 is 1.06 bits per heavy atom. The Hall–Kier alpha value is -3.00. The molecule has 1 aliphatic heterocycles. The van der Waals surface area contributed by atoms with Gasteiger partial charge in [-0.15, -0.1) is 10.2 Å². The number of hydrogen-bond acceptors (Lipinski definition) is 6. The molecule has 0 saturated carbocycles. The smallest absolute Gasteiger partial charge is 0.234 e. The topological polar surface area (TPSA) is 78.3 Å². The van der Waals surface area contributed by atoms with Crippen LogP contribution in [0.1, 0.15) is 39.7 Å². The second-order valence-corrected chi connectivity index (χ2v) is 9.87. The minimum Gasteiger partial charge on any atom is -0.490 e. The summed E-state index contributed by atoms with van der Waals surface area (Å²) in [5.74, 6) is 2.29. The highest BCUT2D eigenvalue weighted by molar-refractivity contribution is 7.99. The Balaban J connectivity index is 1.41. The second-order valence-electron chi connectivity index (χ2n) is 8.93. The van der Waals surface area contributed by atoms with Crippen LogP contribution in [-0.2, 0) is 16.8 Å². The lowest BCUT2D eigenvalue weighted by Gasteiger charge is -2.19. The first-order valence-corrected chi connectivity index (χ1v) is 12.2. The van der Waals surface area contributed by atoms with Gasteiger partial charge in [0.25, 0.3) is 0 Å². The number of anilines is 1. The first-order valence-electron chi connectivity index (χ1n) is 11.2. The average molecular weight is 467 g/mol. The van der Waals surface area contributed by atoms with E-state index in [1.54, 1.807) is 6.07 Å². The molecule has 0 radical (unpaired) electrons. The van der Waals surface area contributed by atoms with Crippen LogP contribution in [0.2, 0.25) is 0 Å². The van der Waals surface area contributed by atoms with Crippen molar-refractivity contribution in [3.8, 4) is 22.9 Å². The van der Waals surface area contributed by atoms with Gasteiger partial charge in [0.1, 0.15) is 0 Å². The zero-order chi connectivity index (χ0) is 23.4. The lowest BCUT2D eigenvalue weighted by molar-refractivity contribution is -0.113. The SMILES string of the molecule is CCn1c(SCC(=O)Nc2ccc3c(c2)OCCCO3)nnc1-c1ccc(C(C)(C)C)cc1. The molecule has 1 N–H and O–H groups in total. The number of ether oxygens (including phenoxy) is 2. The summed E-state index contributed by atoms with van der Waals surface area (Å²) in [6, 6.07) is 13.9. The summed E-state index contributed by atoms with van der Waals surface area (Å²) in [6.07, 6.45) is 0.841. The van der Waals surface area contributed by atoms with E-state index < -0.39 is 0 Å². The summed E-state index contributed by atoms with van der Waals surface area (Å²) in [5.41, 5.74) is 3.07. The Labute approximate surface area is 198 Å². The van der Waals surface area contributed by atoms with E-state index in [1.807, 2.05) is 16.7 Å². The van der Waals surface area contributed by atoms with Crippen molar-refractivity contribution in [3.63, 3.8) is 0 Å². The highest BCUT2D eigenvalue weighted by atomic mass is 32.2. The first-order chi connectivity index (χ1) is 15.8. The zero-order valence-corrected chi connectivity index (χ0v) is 20.4. The number of carbonyl (C=O) groups is 1. The average Bonchev–Trinajstić information content (AvgIpc) is 3.06. The van der Waals surface area contributed by atoms with Gasteiger partial charge in [-0.1, -0.05) is 56.8 Å². The zero-order valence-electron chi connectivity index (χ0n) is 19.6. The molecule has 3 aromatic rings. The van der Waals surface area contributed by atoms with Gasteiger partial charge < -0.3 is 19.4 Å². The van der Waals surface area contributed by atoms with Crippen LogP contribution in [0, 0.1) is 0 Å². The van der Waals surface area contributed by atoms with Gasteiger partial charge in [-0.25, -0.2) is 0 Å². The van der Waals surface area contributed by atoms with Crippen LogP contribution in [0.4, 0.5) is 5.69 Å². The fourth-order valence-corrected chi connectivity index (χ4v) is 4.38. The van der Waals surface area contributed by atoms with Crippen LogP contribution in [-0.4, -0.2) is 39.6 Å². The molecular weight excluding hydrogens is 436 g/mol. The summed E-state index contributed by atoms with van der Waals surface area (Å²) in [7, 11) is 0. The van der Waals surface area contributed by atoms with Crippen molar-refractivity contribution in [1.29, 1.82) is 0 Å². The summed E-state index contributed by atoms with van der Waals surface area (Å²) < 4.78 is 13.4. The number of nitrogens with one attached hydrogen (secondary N) is 1. The monoisotopic (exact) mass is 466 g/mol. The quantitative estimate of drug-likeness (QED) is 0.506. The Kier molecular flexibility index (Phi) is 6.93. The lowest BCUT2D eigenvalue weighted by atomic mass is 9.87. The van der Waals surface area contributed by atoms with Crippen LogP contribution in [0.15, 0.2) is 47.6 Å². The predicted molar refractivity (Wildman–Crippen MR) is 131 cm³/mol. The van der Waals surface area contributed by atoms with E-state index in [9.17, 15) is 4.79 Å². The summed E-state index contributed by atoms with van der Waals surface area (Å²) in [5, 5.41) is 12.4. The molecule has 8 heteroatoms. The van der Waals surface area contributed by atoms with Gasteiger partial charge in [-0.2, -0.15) is 0 Å². The number of thioether (sulfide) groups is 1. The van der Waals surface area contributed by atoms with Gasteiger partial charge in [0, 0.05) is 30.3 Å². The van der Waals surface area contributed by atoms with Gasteiger partial charge in [-0.3, -0.25) is 4.79 Å². The highest BCUT2D eigenvalue weighted by Crippen LogP contribution is 2.32. The molecule has 1 aromatic heterocycles. The maximum absolute atomic E-state index is 12.6. The fourth-order valence-electron chi connectivity index (χ4n) is 3.58. The van der Waals surface area contributed by atoms with Crippen LogP contribution in [0.25, 0.3) is 11.4 Å². The van der Waals surface area contributed by atoms with Crippen molar-refractivity contribution in [1.82, 2.24) is 14.8 Å². The summed E-state index contributed by atoms with van der Waals surface area (Å²) in [4.78, 5) is 12.6. The largest absolute Gasteiger partial charge is 0.490 e. The number of amides is 1. The van der Waals surface area contributed by atoms with Crippen LogP contribution < -0.4 is 14.8 Å². The van der Waals surface area contributed by atoms with Gasteiger partial charge in [0.2, 0.25) is 5.91 Å². The highest BCUT2D eigenvalue weighted by Gasteiger charge is 2.18. The van der Waals surface area contributed by atoms with E-state index in [1.165, 1.54) is 17.3 Å². The van der Waals surface area contributed by atoms with E-state index in [4.69, 9.17) is 9.47 Å². The number of hydrogen-bond donors (Lipinski definition) is 1. The predicted octanol–water partition coefficient (Wildman–Crippen LogP) is 5.15. The molecule has 174 valence electrons. The molecule has 2 heterocycles. The molecule has 4 rings (SSSR count). The van der Waals surface area contributed by atoms with Gasteiger partial charge in [0.15, 0.2) is 22.5 Å². The molecule has 1 amide bonds. The fraction of sp³-hybridized carbons (Fsp3) is 0.400. The molecule has 0 saturated heterocycles. The van der Waals surface area contributed by atoms with E-state index in [0.717, 1.165) is 29.5 Å². The van der Waals surface area contributed by atoms with Crippen LogP contribution in [0.5, 0.6) is 11.5 Å². The van der Waals surface area contributed by atoms with Crippen molar-refractivity contribution in [2.24, 2.45) is 0 Å². The Bertz CT molecular complexity index is 1120. The Morgan fingerprint density at radius 2 is 1.79 bits per heavy atom.